The van der Waals surface area contributed by atoms with Crippen molar-refractivity contribution in [3.05, 3.63) is 24.1 Å². The number of hydrogen-bond donors (Lipinski definition) is 1. The van der Waals surface area contributed by atoms with Crippen LogP contribution in [0.5, 0.6) is 0 Å². The Hall–Kier alpha value is -0.670. The van der Waals surface area contributed by atoms with E-state index in [0.29, 0.717) is 6.54 Å². The third kappa shape index (κ3) is 1.95. The molecular weight excluding hydrogens is 119 g/mol. The predicted octanol–water partition coefficient (Wildman–Crippen LogP) is 0.585. The van der Waals surface area contributed by atoms with E-state index in [2.05, 4.69) is 0 Å². The van der Waals surface area contributed by atoms with E-state index < -0.39 is 0 Å². The Morgan fingerprint density at radius 3 is 3.22 bits per heavy atom. The second kappa shape index (κ2) is 2.75. The predicted molar refractivity (Wildman–Crippen MR) is 34.1 cm³/mol. The summed E-state index contributed by atoms with van der Waals surface area (Å²) in [5.41, 5.74) is 0. The third-order valence-electron chi connectivity index (χ3n) is 1.11. The standard InChI is InChI=1S/C6H9FN2/c7-6-3-1-2-4-9(8)5-6/h1-3H,4-5,8H2. The number of halogens is 1. The van der Waals surface area contributed by atoms with Crippen molar-refractivity contribution in [2.24, 2.45) is 5.84 Å². The lowest BCUT2D eigenvalue weighted by atomic mass is 10.4. The van der Waals surface area contributed by atoms with Crippen LogP contribution in [0.4, 0.5) is 4.39 Å². The molecule has 1 aliphatic heterocycles. The van der Waals surface area contributed by atoms with Gasteiger partial charge in [-0.3, -0.25) is 5.84 Å². The van der Waals surface area contributed by atoms with Crippen LogP contribution in [-0.4, -0.2) is 18.1 Å². The van der Waals surface area contributed by atoms with Gasteiger partial charge in [0.1, 0.15) is 5.83 Å². The molecule has 1 aliphatic rings. The molecule has 0 saturated carbocycles. The molecule has 0 radical (unpaired) electrons. The summed E-state index contributed by atoms with van der Waals surface area (Å²) in [4.78, 5) is 0. The Bertz CT molecular complexity index is 151. The van der Waals surface area contributed by atoms with Crippen molar-refractivity contribution in [3.8, 4) is 0 Å². The number of allylic oxidation sites excluding steroid dienone is 2. The summed E-state index contributed by atoms with van der Waals surface area (Å²) in [5, 5.41) is 1.41. The molecule has 0 aromatic rings. The van der Waals surface area contributed by atoms with Gasteiger partial charge in [0.15, 0.2) is 0 Å². The lowest BCUT2D eigenvalue weighted by Gasteiger charge is -2.09. The van der Waals surface area contributed by atoms with Gasteiger partial charge in [0.25, 0.3) is 0 Å². The van der Waals surface area contributed by atoms with Gasteiger partial charge in [-0.1, -0.05) is 12.2 Å². The van der Waals surface area contributed by atoms with Gasteiger partial charge < -0.3 is 0 Å². The fourth-order valence-electron chi connectivity index (χ4n) is 0.680. The van der Waals surface area contributed by atoms with Crippen LogP contribution < -0.4 is 5.84 Å². The molecule has 0 aromatic carbocycles. The molecule has 0 amide bonds. The van der Waals surface area contributed by atoms with Gasteiger partial charge in [0.2, 0.25) is 0 Å². The first kappa shape index (κ1) is 6.45. The molecule has 1 heterocycles. The molecule has 0 fully saturated rings. The third-order valence-corrected chi connectivity index (χ3v) is 1.11. The quantitative estimate of drug-likeness (QED) is 0.484. The van der Waals surface area contributed by atoms with Crippen LogP contribution in [0.3, 0.4) is 0 Å². The van der Waals surface area contributed by atoms with Gasteiger partial charge in [-0.05, 0) is 6.08 Å². The first-order valence-electron chi connectivity index (χ1n) is 2.80. The Morgan fingerprint density at radius 2 is 2.44 bits per heavy atom. The molecule has 3 heteroatoms. The molecule has 50 valence electrons. The zero-order valence-corrected chi connectivity index (χ0v) is 5.05. The van der Waals surface area contributed by atoms with Gasteiger partial charge >= 0.3 is 0 Å². The van der Waals surface area contributed by atoms with Crippen molar-refractivity contribution in [1.82, 2.24) is 5.01 Å². The van der Waals surface area contributed by atoms with Gasteiger partial charge in [-0.25, -0.2) is 9.40 Å². The minimum Gasteiger partial charge on any atom is -0.268 e. The first-order valence-corrected chi connectivity index (χ1v) is 2.80. The van der Waals surface area contributed by atoms with Crippen LogP contribution in [0.25, 0.3) is 0 Å². The van der Waals surface area contributed by atoms with E-state index >= 15 is 0 Å². The van der Waals surface area contributed by atoms with E-state index in [1.54, 1.807) is 6.08 Å². The fraction of sp³-hybridized carbons (Fsp3) is 0.333. The Kier molecular flexibility index (Phi) is 1.97. The molecule has 1 rings (SSSR count). The second-order valence-electron chi connectivity index (χ2n) is 1.97. The monoisotopic (exact) mass is 128 g/mol. The Morgan fingerprint density at radius 1 is 1.67 bits per heavy atom. The molecule has 0 aromatic heterocycles. The molecule has 9 heavy (non-hydrogen) atoms. The van der Waals surface area contributed by atoms with Crippen molar-refractivity contribution >= 4 is 0 Å². The highest BCUT2D eigenvalue weighted by atomic mass is 19.1. The van der Waals surface area contributed by atoms with E-state index in [1.165, 1.54) is 11.1 Å². The van der Waals surface area contributed by atoms with E-state index in [1.807, 2.05) is 6.08 Å². The van der Waals surface area contributed by atoms with E-state index in [-0.39, 0.29) is 12.4 Å². The lowest BCUT2D eigenvalue weighted by molar-refractivity contribution is 0.319. The number of rotatable bonds is 0. The Labute approximate surface area is 53.4 Å². The van der Waals surface area contributed by atoms with Crippen molar-refractivity contribution in [2.45, 2.75) is 0 Å². The highest BCUT2D eigenvalue weighted by Crippen LogP contribution is 2.01. The highest BCUT2D eigenvalue weighted by molar-refractivity contribution is 5.11. The second-order valence-corrected chi connectivity index (χ2v) is 1.97. The van der Waals surface area contributed by atoms with E-state index in [0.717, 1.165) is 0 Å². The van der Waals surface area contributed by atoms with Crippen LogP contribution in [-0.2, 0) is 0 Å². The number of nitrogens with two attached hydrogens (primary N) is 1. The summed E-state index contributed by atoms with van der Waals surface area (Å²) in [6.45, 7) is 0.830. The maximum Gasteiger partial charge on any atom is 0.115 e. The average Bonchev–Trinajstić information content (AvgIpc) is 1.93. The zero-order valence-electron chi connectivity index (χ0n) is 5.05. The van der Waals surface area contributed by atoms with Crippen LogP contribution in [0, 0.1) is 0 Å². The topological polar surface area (TPSA) is 29.3 Å². The summed E-state index contributed by atoms with van der Waals surface area (Å²) in [6, 6.07) is 0. The van der Waals surface area contributed by atoms with Gasteiger partial charge in [0, 0.05) is 6.54 Å². The molecule has 2 N–H and O–H groups in total. The minimum absolute atomic E-state index is 0.189. The summed E-state index contributed by atoms with van der Waals surface area (Å²) in [7, 11) is 0. The molecule has 0 aliphatic carbocycles. The molecular formula is C6H9FN2. The van der Waals surface area contributed by atoms with Crippen LogP contribution in [0.2, 0.25) is 0 Å². The van der Waals surface area contributed by atoms with E-state index in [9.17, 15) is 4.39 Å². The van der Waals surface area contributed by atoms with Crippen molar-refractivity contribution in [3.63, 3.8) is 0 Å². The first-order chi connectivity index (χ1) is 4.29. The SMILES string of the molecule is NN1CC=CC=C(F)C1. The highest BCUT2D eigenvalue weighted by Gasteiger charge is 2.01. The minimum atomic E-state index is -0.189. The molecule has 0 spiro atoms. The van der Waals surface area contributed by atoms with Gasteiger partial charge in [-0.2, -0.15) is 0 Å². The number of nitrogens with zero attached hydrogens (tertiary/aromatic N) is 1. The molecule has 2 nitrogen and oxygen atoms in total. The molecule has 0 unspecified atom stereocenters. The maximum atomic E-state index is 12.4. The molecule has 0 bridgehead atoms. The average molecular weight is 128 g/mol. The largest absolute Gasteiger partial charge is 0.268 e. The van der Waals surface area contributed by atoms with Crippen molar-refractivity contribution in [2.75, 3.05) is 13.1 Å². The summed E-state index contributed by atoms with van der Waals surface area (Å²) >= 11 is 0. The maximum absolute atomic E-state index is 12.4. The molecule has 0 atom stereocenters. The summed E-state index contributed by atoms with van der Waals surface area (Å²) in [6.07, 6.45) is 4.90. The smallest absolute Gasteiger partial charge is 0.115 e. The summed E-state index contributed by atoms with van der Waals surface area (Å²) in [5.74, 6) is 5.14. The number of hydrogen-bond acceptors (Lipinski definition) is 2. The molecule has 0 saturated heterocycles. The van der Waals surface area contributed by atoms with Crippen molar-refractivity contribution < 1.29 is 4.39 Å². The Balaban J connectivity index is 2.58. The normalized spacial score (nSPS) is 21.3. The van der Waals surface area contributed by atoms with Crippen LogP contribution in [0.15, 0.2) is 24.1 Å². The van der Waals surface area contributed by atoms with Crippen molar-refractivity contribution in [1.29, 1.82) is 0 Å². The summed E-state index contributed by atoms with van der Waals surface area (Å²) < 4.78 is 12.4. The van der Waals surface area contributed by atoms with Gasteiger partial charge in [-0.15, -0.1) is 0 Å². The fourth-order valence-corrected chi connectivity index (χ4v) is 0.680. The number of hydrazine groups is 1. The van der Waals surface area contributed by atoms with Crippen LogP contribution in [0.1, 0.15) is 0 Å². The van der Waals surface area contributed by atoms with Gasteiger partial charge in [0.05, 0.1) is 6.54 Å². The van der Waals surface area contributed by atoms with E-state index in [4.69, 9.17) is 5.84 Å². The zero-order chi connectivity index (χ0) is 6.69. The lowest BCUT2D eigenvalue weighted by Crippen LogP contribution is -2.31. The van der Waals surface area contributed by atoms with Crippen LogP contribution >= 0.6 is 0 Å².